The Labute approximate surface area is 221 Å². The van der Waals surface area contributed by atoms with Crippen LogP contribution in [-0.4, -0.2) is 50.0 Å². The topological polar surface area (TPSA) is 86.8 Å². The summed E-state index contributed by atoms with van der Waals surface area (Å²) >= 11 is 12.3. The molecule has 0 aliphatic heterocycles. The first-order valence-corrected chi connectivity index (χ1v) is 14.3. The van der Waals surface area contributed by atoms with Crippen molar-refractivity contribution in [3.8, 4) is 0 Å². The Morgan fingerprint density at radius 2 is 1.72 bits per heavy atom. The molecule has 0 aromatic heterocycles. The molecular weight excluding hydrogens is 528 g/mol. The molecule has 1 fully saturated rings. The summed E-state index contributed by atoms with van der Waals surface area (Å²) in [6, 6.07) is 8.75. The van der Waals surface area contributed by atoms with Crippen molar-refractivity contribution >= 4 is 50.7 Å². The van der Waals surface area contributed by atoms with E-state index in [4.69, 9.17) is 23.2 Å². The molecule has 0 heterocycles. The summed E-state index contributed by atoms with van der Waals surface area (Å²) in [6.07, 6.45) is 5.91. The first-order chi connectivity index (χ1) is 17.0. The fraction of sp³-hybridized carbons (Fsp3) is 0.440. The van der Waals surface area contributed by atoms with Crippen LogP contribution < -0.4 is 9.62 Å². The number of anilines is 1. The first-order valence-electron chi connectivity index (χ1n) is 11.7. The highest BCUT2D eigenvalue weighted by molar-refractivity contribution is 7.92. The number of hydrogen-bond acceptors (Lipinski definition) is 4. The number of amides is 2. The predicted octanol–water partition coefficient (Wildman–Crippen LogP) is 4.76. The average molecular weight is 559 g/mol. The molecule has 1 aliphatic carbocycles. The Hall–Kier alpha value is -2.36. The molecule has 0 radical (unpaired) electrons. The van der Waals surface area contributed by atoms with Crippen molar-refractivity contribution in [2.45, 2.75) is 57.7 Å². The number of halogens is 3. The lowest BCUT2D eigenvalue weighted by Crippen LogP contribution is -2.53. The molecule has 0 saturated heterocycles. The maximum absolute atomic E-state index is 13.6. The Morgan fingerprint density at radius 3 is 2.31 bits per heavy atom. The van der Waals surface area contributed by atoms with E-state index in [0.29, 0.717) is 15.6 Å². The third-order valence-corrected chi connectivity index (χ3v) is 8.00. The van der Waals surface area contributed by atoms with Gasteiger partial charge in [0.25, 0.3) is 0 Å². The van der Waals surface area contributed by atoms with Crippen LogP contribution in [0, 0.1) is 5.82 Å². The molecule has 0 spiro atoms. The molecule has 11 heteroatoms. The van der Waals surface area contributed by atoms with E-state index in [1.54, 1.807) is 19.1 Å². The molecule has 1 atom stereocenters. The van der Waals surface area contributed by atoms with Gasteiger partial charge in [0.05, 0.1) is 11.9 Å². The third-order valence-electron chi connectivity index (χ3n) is 6.27. The first kappa shape index (κ1) is 28.2. The average Bonchev–Trinajstić information content (AvgIpc) is 2.82. The van der Waals surface area contributed by atoms with Gasteiger partial charge in [-0.2, -0.15) is 0 Å². The van der Waals surface area contributed by atoms with Gasteiger partial charge in [-0.05, 0) is 61.7 Å². The number of nitrogens with zero attached hydrogens (tertiary/aromatic N) is 2. The normalized spacial score (nSPS) is 15.2. The SMILES string of the molecule is CC(C(=O)NC1CCCCC1)N(Cc1ccc(Cl)cc1Cl)C(=O)CN(c1ccc(F)cc1)S(C)(=O)=O. The largest absolute Gasteiger partial charge is 0.352 e. The molecule has 1 unspecified atom stereocenters. The number of nitrogens with one attached hydrogen (secondary N) is 1. The third kappa shape index (κ3) is 7.57. The van der Waals surface area contributed by atoms with Gasteiger partial charge in [-0.3, -0.25) is 13.9 Å². The van der Waals surface area contributed by atoms with E-state index in [1.807, 2.05) is 0 Å². The van der Waals surface area contributed by atoms with Gasteiger partial charge in [0.2, 0.25) is 21.8 Å². The summed E-state index contributed by atoms with van der Waals surface area (Å²) in [4.78, 5) is 28.0. The molecule has 3 rings (SSSR count). The molecule has 0 bridgehead atoms. The van der Waals surface area contributed by atoms with Gasteiger partial charge in [0.15, 0.2) is 0 Å². The van der Waals surface area contributed by atoms with Crippen molar-refractivity contribution < 1.29 is 22.4 Å². The smallest absolute Gasteiger partial charge is 0.244 e. The monoisotopic (exact) mass is 557 g/mol. The highest BCUT2D eigenvalue weighted by Crippen LogP contribution is 2.25. The van der Waals surface area contributed by atoms with Crippen molar-refractivity contribution in [2.75, 3.05) is 17.1 Å². The van der Waals surface area contributed by atoms with Crippen LogP contribution in [-0.2, 0) is 26.2 Å². The number of benzene rings is 2. The minimum atomic E-state index is -3.90. The molecule has 1 aliphatic rings. The Bertz CT molecular complexity index is 1190. The van der Waals surface area contributed by atoms with E-state index in [2.05, 4.69) is 5.32 Å². The van der Waals surface area contributed by atoms with Crippen LogP contribution in [0.25, 0.3) is 0 Å². The number of carbonyl (C=O) groups excluding carboxylic acids is 2. The highest BCUT2D eigenvalue weighted by atomic mass is 35.5. The maximum atomic E-state index is 13.6. The Kier molecular flexibility index (Phi) is 9.60. The van der Waals surface area contributed by atoms with Crippen molar-refractivity contribution in [3.63, 3.8) is 0 Å². The fourth-order valence-electron chi connectivity index (χ4n) is 4.21. The van der Waals surface area contributed by atoms with Crippen molar-refractivity contribution in [1.82, 2.24) is 10.2 Å². The van der Waals surface area contributed by atoms with Crippen LogP contribution in [0.3, 0.4) is 0 Å². The number of carbonyl (C=O) groups is 2. The summed E-state index contributed by atoms with van der Waals surface area (Å²) < 4.78 is 39.4. The number of sulfonamides is 1. The van der Waals surface area contributed by atoms with Crippen LogP contribution in [0.4, 0.5) is 10.1 Å². The lowest BCUT2D eigenvalue weighted by Gasteiger charge is -2.33. The number of hydrogen-bond donors (Lipinski definition) is 1. The van der Waals surface area contributed by atoms with Crippen LogP contribution in [0.15, 0.2) is 42.5 Å². The minimum Gasteiger partial charge on any atom is -0.352 e. The number of rotatable bonds is 9. The van der Waals surface area contributed by atoms with Crippen LogP contribution in [0.2, 0.25) is 10.0 Å². The van der Waals surface area contributed by atoms with Crippen LogP contribution in [0.5, 0.6) is 0 Å². The standard InChI is InChI=1S/C25H30Cl2FN3O4S/c1-17(25(33)29-21-6-4-3-5-7-21)30(15-18-8-9-19(26)14-23(18)27)24(32)16-31(36(2,34)35)22-12-10-20(28)11-13-22/h8-14,17,21H,3-7,15-16H2,1-2H3,(H,29,33). The van der Waals surface area contributed by atoms with Gasteiger partial charge in [0, 0.05) is 22.6 Å². The Balaban J connectivity index is 1.89. The zero-order valence-electron chi connectivity index (χ0n) is 20.2. The molecule has 2 amide bonds. The van der Waals surface area contributed by atoms with E-state index in [-0.39, 0.29) is 24.2 Å². The quantitative estimate of drug-likeness (QED) is 0.481. The molecule has 7 nitrogen and oxygen atoms in total. The van der Waals surface area contributed by atoms with Gasteiger partial charge in [0.1, 0.15) is 18.4 Å². The van der Waals surface area contributed by atoms with Crippen molar-refractivity contribution in [2.24, 2.45) is 0 Å². The second-order valence-corrected chi connectivity index (χ2v) is 11.8. The van der Waals surface area contributed by atoms with Gasteiger partial charge in [-0.15, -0.1) is 0 Å². The van der Waals surface area contributed by atoms with E-state index in [0.717, 1.165) is 54.8 Å². The van der Waals surface area contributed by atoms with Gasteiger partial charge in [-0.1, -0.05) is 48.5 Å². The minimum absolute atomic E-state index is 0.0326. The van der Waals surface area contributed by atoms with E-state index in [9.17, 15) is 22.4 Å². The van der Waals surface area contributed by atoms with E-state index < -0.39 is 34.3 Å². The summed E-state index contributed by atoms with van der Waals surface area (Å²) in [5, 5.41) is 3.76. The molecule has 36 heavy (non-hydrogen) atoms. The summed E-state index contributed by atoms with van der Waals surface area (Å²) in [6.45, 7) is 0.994. The second kappa shape index (κ2) is 12.3. The van der Waals surface area contributed by atoms with Crippen molar-refractivity contribution in [3.05, 3.63) is 63.9 Å². The highest BCUT2D eigenvalue weighted by Gasteiger charge is 2.31. The summed E-state index contributed by atoms with van der Waals surface area (Å²) in [7, 11) is -3.90. The molecule has 2 aromatic carbocycles. The molecule has 196 valence electrons. The second-order valence-electron chi connectivity index (χ2n) is 9.02. The fourth-order valence-corrected chi connectivity index (χ4v) is 5.52. The molecule has 1 saturated carbocycles. The van der Waals surface area contributed by atoms with Gasteiger partial charge >= 0.3 is 0 Å². The van der Waals surface area contributed by atoms with Crippen LogP contribution >= 0.6 is 23.2 Å². The van der Waals surface area contributed by atoms with E-state index in [1.165, 1.54) is 23.1 Å². The zero-order valence-corrected chi connectivity index (χ0v) is 22.5. The predicted molar refractivity (Wildman–Crippen MR) is 140 cm³/mol. The van der Waals surface area contributed by atoms with Gasteiger partial charge in [-0.25, -0.2) is 12.8 Å². The maximum Gasteiger partial charge on any atom is 0.244 e. The lowest BCUT2D eigenvalue weighted by molar-refractivity contribution is -0.139. The Morgan fingerprint density at radius 1 is 1.08 bits per heavy atom. The molecular formula is C25H30Cl2FN3O4S. The van der Waals surface area contributed by atoms with E-state index >= 15 is 0 Å². The van der Waals surface area contributed by atoms with Crippen LogP contribution in [0.1, 0.15) is 44.6 Å². The zero-order chi connectivity index (χ0) is 26.5. The lowest BCUT2D eigenvalue weighted by atomic mass is 9.95. The van der Waals surface area contributed by atoms with Gasteiger partial charge < -0.3 is 10.2 Å². The summed E-state index contributed by atoms with van der Waals surface area (Å²) in [5.41, 5.74) is 0.690. The molecule has 2 aromatic rings. The molecule has 1 N–H and O–H groups in total. The van der Waals surface area contributed by atoms with Crippen molar-refractivity contribution in [1.29, 1.82) is 0 Å². The summed E-state index contributed by atoms with van der Waals surface area (Å²) in [5.74, 6) is -1.47.